The zero-order valence-corrected chi connectivity index (χ0v) is 30.3. The summed E-state index contributed by atoms with van der Waals surface area (Å²) in [4.78, 5) is 45.1. The summed E-state index contributed by atoms with van der Waals surface area (Å²) < 4.78 is 110. The topological polar surface area (TPSA) is 133 Å². The Morgan fingerprint density at radius 3 is 2.40 bits per heavy atom. The van der Waals surface area contributed by atoms with E-state index in [0.717, 1.165) is 40.9 Å². The number of piperidine rings is 2. The molecule has 10 nitrogen and oxygen atoms in total. The number of thiophene rings is 1. The van der Waals surface area contributed by atoms with Gasteiger partial charge in [0.15, 0.2) is 0 Å². The molecule has 0 radical (unpaired) electrons. The number of ether oxygens (including phenoxy) is 2. The van der Waals surface area contributed by atoms with E-state index < -0.39 is 69.0 Å². The van der Waals surface area contributed by atoms with Crippen LogP contribution in [0.1, 0.15) is 84.7 Å². The van der Waals surface area contributed by atoms with Gasteiger partial charge in [0.25, 0.3) is 11.8 Å². The number of likely N-dealkylation sites (tertiary alicyclic amines) is 2. The number of rotatable bonds is 12. The van der Waals surface area contributed by atoms with Gasteiger partial charge in [-0.2, -0.15) is 31.6 Å². The number of nitriles is 1. The molecule has 18 heteroatoms. The van der Waals surface area contributed by atoms with Gasteiger partial charge in [-0.3, -0.25) is 19.4 Å². The van der Waals surface area contributed by atoms with Crippen molar-refractivity contribution in [2.45, 2.75) is 87.7 Å². The molecule has 2 aliphatic heterocycles. The summed E-state index contributed by atoms with van der Waals surface area (Å²) in [7, 11) is 0. The van der Waals surface area contributed by atoms with Crippen LogP contribution in [0.5, 0.6) is 11.5 Å². The fraction of sp³-hybridized carbons (Fsp3) is 0.486. The van der Waals surface area contributed by atoms with Gasteiger partial charge in [0.2, 0.25) is 5.60 Å². The van der Waals surface area contributed by atoms with Gasteiger partial charge in [0, 0.05) is 61.9 Å². The van der Waals surface area contributed by atoms with Crippen LogP contribution in [-0.2, 0) is 27.4 Å². The lowest BCUT2D eigenvalue weighted by molar-refractivity contribution is -0.160. The van der Waals surface area contributed by atoms with Gasteiger partial charge < -0.3 is 24.4 Å². The maximum absolute atomic E-state index is 14.9. The first-order valence-corrected chi connectivity index (χ1v) is 18.4. The number of aromatic nitrogens is 1. The van der Waals surface area contributed by atoms with Crippen molar-refractivity contribution in [1.82, 2.24) is 14.8 Å². The van der Waals surface area contributed by atoms with Crippen molar-refractivity contribution < 1.29 is 59.7 Å². The smallest absolute Gasteiger partial charge is 0.425 e. The van der Waals surface area contributed by atoms with Crippen molar-refractivity contribution in [2.24, 2.45) is 0 Å². The van der Waals surface area contributed by atoms with Crippen LogP contribution in [0.15, 0.2) is 48.1 Å². The molecule has 296 valence electrons. The van der Waals surface area contributed by atoms with Gasteiger partial charge in [-0.1, -0.05) is 13.3 Å². The summed E-state index contributed by atoms with van der Waals surface area (Å²) in [5.74, 6) is -3.68. The second-order valence-electron chi connectivity index (χ2n) is 13.4. The molecule has 2 fully saturated rings. The second-order valence-corrected chi connectivity index (χ2v) is 14.3. The van der Waals surface area contributed by atoms with E-state index >= 15 is 0 Å². The van der Waals surface area contributed by atoms with Crippen molar-refractivity contribution in [2.75, 3.05) is 26.2 Å². The number of alkyl halides is 6. The van der Waals surface area contributed by atoms with Gasteiger partial charge in [-0.15, -0.1) is 11.3 Å². The molecular weight excluding hydrogens is 761 g/mol. The summed E-state index contributed by atoms with van der Waals surface area (Å²) in [5.41, 5.74) is -5.25. The van der Waals surface area contributed by atoms with Crippen LogP contribution >= 0.6 is 11.3 Å². The molecule has 0 saturated carbocycles. The molecule has 2 saturated heterocycles. The first-order valence-electron chi connectivity index (χ1n) is 17.5. The number of carboxylic acid groups (broad SMARTS) is 1. The molecule has 1 N–H and O–H groups in total. The van der Waals surface area contributed by atoms with Crippen molar-refractivity contribution in [1.29, 1.82) is 5.26 Å². The molecule has 2 atom stereocenters. The monoisotopic (exact) mass is 798 g/mol. The minimum absolute atomic E-state index is 0.0250. The third-order valence-corrected chi connectivity index (χ3v) is 10.9. The number of pyridine rings is 1. The van der Waals surface area contributed by atoms with Crippen molar-refractivity contribution >= 4 is 29.1 Å². The van der Waals surface area contributed by atoms with Crippen molar-refractivity contribution in [3.8, 4) is 17.6 Å². The average molecular weight is 799 g/mol. The quantitative estimate of drug-likeness (QED) is 0.145. The summed E-state index contributed by atoms with van der Waals surface area (Å²) in [6, 6.07) is 5.98. The summed E-state index contributed by atoms with van der Waals surface area (Å²) in [6.45, 7) is 1.34. The number of amides is 2. The number of benzene rings is 1. The molecule has 4 heterocycles. The highest BCUT2D eigenvalue weighted by molar-refractivity contribution is 7.10. The minimum atomic E-state index is -4.93. The standard InChI is InChI=1S/C37H37F7N4O6S/c1-2-5-29-35(54-24-19-30(55-21-24)37(42,43)44,10-4-14-48(29)32(51)25-20-46-13-9-26(25)36(39,40)41)33(52)47-15-11-34(22-45,12-16-47)27-18-23(38)7-8-28(27)53-17-3-6-31(49)50/h7-9,13,18-21,29H,2-6,10-12,14-17H2,1H3,(H,49,50). The second kappa shape index (κ2) is 16.4. The van der Waals surface area contributed by atoms with Gasteiger partial charge in [-0.05, 0) is 56.4 Å². The number of carbonyl (C=O) groups excluding carboxylic acids is 2. The van der Waals surface area contributed by atoms with Crippen LogP contribution in [0.3, 0.4) is 0 Å². The predicted octanol–water partition coefficient (Wildman–Crippen LogP) is 7.87. The van der Waals surface area contributed by atoms with Crippen LogP contribution in [0, 0.1) is 17.1 Å². The van der Waals surface area contributed by atoms with E-state index in [1.54, 1.807) is 6.92 Å². The highest BCUT2D eigenvalue weighted by atomic mass is 32.1. The summed E-state index contributed by atoms with van der Waals surface area (Å²) >= 11 is 0.329. The van der Waals surface area contributed by atoms with E-state index in [0.29, 0.717) is 23.8 Å². The van der Waals surface area contributed by atoms with Gasteiger partial charge in [0.1, 0.15) is 22.2 Å². The molecule has 2 aliphatic rings. The van der Waals surface area contributed by atoms with Crippen LogP contribution in [0.2, 0.25) is 0 Å². The lowest BCUT2D eigenvalue weighted by Gasteiger charge is -2.51. The van der Waals surface area contributed by atoms with Crippen molar-refractivity contribution in [3.63, 3.8) is 0 Å². The number of hydrogen-bond donors (Lipinski definition) is 1. The molecular formula is C37H37F7N4O6S. The fourth-order valence-electron chi connectivity index (χ4n) is 7.31. The van der Waals surface area contributed by atoms with Gasteiger partial charge >= 0.3 is 18.3 Å². The highest BCUT2D eigenvalue weighted by Crippen LogP contribution is 2.45. The van der Waals surface area contributed by atoms with Crippen LogP contribution in [0.4, 0.5) is 30.7 Å². The SMILES string of the molecule is CCCC1N(C(=O)c2cnccc2C(F)(F)F)CCCC1(Oc1csc(C(F)(F)F)c1)C(=O)N1CCC(C#N)(c2cc(F)ccc2OCCCC(=O)O)CC1. The van der Waals surface area contributed by atoms with Gasteiger partial charge in [0.05, 0.1) is 35.3 Å². The Morgan fingerprint density at radius 1 is 1.05 bits per heavy atom. The average Bonchev–Trinajstić information content (AvgIpc) is 3.63. The number of hydrogen-bond acceptors (Lipinski definition) is 8. The third kappa shape index (κ3) is 8.82. The third-order valence-electron chi connectivity index (χ3n) is 9.93. The number of carbonyl (C=O) groups is 3. The Labute approximate surface area is 315 Å². The van der Waals surface area contributed by atoms with E-state index in [-0.39, 0.29) is 88.2 Å². The van der Waals surface area contributed by atoms with E-state index in [1.165, 1.54) is 11.0 Å². The fourth-order valence-corrected chi connectivity index (χ4v) is 7.99. The summed E-state index contributed by atoms with van der Waals surface area (Å²) in [6.07, 6.45) is -7.88. The zero-order chi connectivity index (χ0) is 40.2. The van der Waals surface area contributed by atoms with Crippen LogP contribution in [-0.4, -0.2) is 75.6 Å². The van der Waals surface area contributed by atoms with Crippen molar-refractivity contribution in [3.05, 3.63) is 75.5 Å². The molecule has 0 aliphatic carbocycles. The maximum Gasteiger partial charge on any atom is 0.425 e. The largest absolute Gasteiger partial charge is 0.493 e. The first-order chi connectivity index (χ1) is 26.0. The lowest BCUT2D eigenvalue weighted by Crippen LogP contribution is -2.68. The van der Waals surface area contributed by atoms with E-state index in [2.05, 4.69) is 11.1 Å². The Balaban J connectivity index is 1.51. The maximum atomic E-state index is 14.9. The number of halogens is 7. The van der Waals surface area contributed by atoms with Crippen LogP contribution in [0.25, 0.3) is 0 Å². The summed E-state index contributed by atoms with van der Waals surface area (Å²) in [5, 5.41) is 20.5. The number of nitrogens with zero attached hydrogens (tertiary/aromatic N) is 4. The Bertz CT molecular complexity index is 1920. The molecule has 1 aromatic carbocycles. The van der Waals surface area contributed by atoms with E-state index in [9.17, 15) is 50.4 Å². The molecule has 5 rings (SSSR count). The Hall–Kier alpha value is -4.92. The molecule has 3 aromatic rings. The normalized spacial score (nSPS) is 20.1. The number of carboxylic acids is 1. The Morgan fingerprint density at radius 2 is 1.78 bits per heavy atom. The molecule has 2 aromatic heterocycles. The lowest BCUT2D eigenvalue weighted by atomic mass is 9.72. The predicted molar refractivity (Wildman–Crippen MR) is 183 cm³/mol. The highest BCUT2D eigenvalue weighted by Gasteiger charge is 2.57. The first kappa shape index (κ1) is 41.2. The zero-order valence-electron chi connectivity index (χ0n) is 29.5. The molecule has 2 amide bonds. The Kier molecular flexibility index (Phi) is 12.3. The molecule has 0 spiro atoms. The van der Waals surface area contributed by atoms with Gasteiger partial charge in [-0.25, -0.2) is 4.39 Å². The minimum Gasteiger partial charge on any atom is -0.493 e. The van der Waals surface area contributed by atoms with Crippen LogP contribution < -0.4 is 9.47 Å². The molecule has 55 heavy (non-hydrogen) atoms. The molecule has 0 bridgehead atoms. The molecule has 2 unspecified atom stereocenters. The van der Waals surface area contributed by atoms with E-state index in [4.69, 9.17) is 14.6 Å². The van der Waals surface area contributed by atoms with E-state index in [1.807, 2.05) is 0 Å². The number of aliphatic carboxylic acids is 1.